The van der Waals surface area contributed by atoms with E-state index in [1.165, 1.54) is 47.4 Å². The monoisotopic (exact) mass is 442 g/mol. The van der Waals surface area contributed by atoms with Crippen LogP contribution in [0.5, 0.6) is 5.75 Å². The number of thiazole rings is 1. The number of aryl methyl sites for hydroxylation is 1. The highest BCUT2D eigenvalue weighted by Crippen LogP contribution is 2.27. The molecule has 2 aromatic heterocycles. The van der Waals surface area contributed by atoms with Gasteiger partial charge in [0.1, 0.15) is 17.3 Å². The second-order valence-corrected chi connectivity index (χ2v) is 9.53. The summed E-state index contributed by atoms with van der Waals surface area (Å²) >= 11 is 1.43. The number of methoxy groups -OCH3 is 1. The molecule has 2 aromatic carbocycles. The van der Waals surface area contributed by atoms with Gasteiger partial charge in [0.05, 0.1) is 27.9 Å². The zero-order valence-electron chi connectivity index (χ0n) is 16.2. The van der Waals surface area contributed by atoms with Gasteiger partial charge in [-0.1, -0.05) is 23.5 Å². The number of carbonyl (C=O) groups excluding carboxylic acids is 1. The first-order chi connectivity index (χ1) is 14.4. The van der Waals surface area contributed by atoms with Crippen molar-refractivity contribution in [2.24, 2.45) is 0 Å². The molecule has 2 heterocycles. The van der Waals surface area contributed by atoms with Crippen molar-refractivity contribution >= 4 is 43.1 Å². The summed E-state index contributed by atoms with van der Waals surface area (Å²) in [6.45, 7) is 1.79. The third kappa shape index (κ3) is 4.05. The van der Waals surface area contributed by atoms with E-state index in [0.717, 1.165) is 10.2 Å². The van der Waals surface area contributed by atoms with Crippen LogP contribution in [0.1, 0.15) is 5.69 Å². The second-order valence-electron chi connectivity index (χ2n) is 6.53. The molecule has 8 nitrogen and oxygen atoms in total. The molecule has 1 amide bonds. The van der Waals surface area contributed by atoms with Crippen molar-refractivity contribution in [3.8, 4) is 10.9 Å². The van der Waals surface area contributed by atoms with Crippen molar-refractivity contribution in [1.29, 1.82) is 0 Å². The molecule has 0 bridgehead atoms. The molecule has 0 aliphatic carbocycles. The van der Waals surface area contributed by atoms with E-state index in [1.807, 2.05) is 24.3 Å². The minimum absolute atomic E-state index is 0.0503. The predicted molar refractivity (Wildman–Crippen MR) is 115 cm³/mol. The zero-order valence-corrected chi connectivity index (χ0v) is 17.8. The summed E-state index contributed by atoms with van der Waals surface area (Å²) in [4.78, 5) is 17.1. The van der Waals surface area contributed by atoms with E-state index in [1.54, 1.807) is 13.0 Å². The van der Waals surface area contributed by atoms with Gasteiger partial charge in [-0.3, -0.25) is 4.79 Å². The van der Waals surface area contributed by atoms with E-state index in [4.69, 9.17) is 4.74 Å². The molecule has 154 valence electrons. The van der Waals surface area contributed by atoms with Crippen molar-refractivity contribution in [2.75, 3.05) is 18.2 Å². The van der Waals surface area contributed by atoms with Gasteiger partial charge >= 0.3 is 0 Å². The average molecular weight is 443 g/mol. The van der Waals surface area contributed by atoms with Gasteiger partial charge in [-0.15, -0.1) is 0 Å². The molecule has 0 saturated heterocycles. The summed E-state index contributed by atoms with van der Waals surface area (Å²) in [6.07, 6.45) is 0. The van der Waals surface area contributed by atoms with Crippen molar-refractivity contribution in [3.63, 3.8) is 0 Å². The number of carbonyl (C=O) groups is 1. The van der Waals surface area contributed by atoms with Crippen LogP contribution in [0.2, 0.25) is 0 Å². The minimum atomic E-state index is -3.81. The molecule has 0 fully saturated rings. The van der Waals surface area contributed by atoms with E-state index >= 15 is 0 Å². The van der Waals surface area contributed by atoms with Gasteiger partial charge in [-0.2, -0.15) is 9.78 Å². The van der Waals surface area contributed by atoms with E-state index in [0.29, 0.717) is 22.4 Å². The third-order valence-electron chi connectivity index (χ3n) is 4.30. The fourth-order valence-corrected chi connectivity index (χ4v) is 4.97. The Hall–Kier alpha value is -3.24. The van der Waals surface area contributed by atoms with Crippen LogP contribution < -0.4 is 10.1 Å². The molecule has 0 aliphatic rings. The van der Waals surface area contributed by atoms with Gasteiger partial charge in [0.15, 0.2) is 9.84 Å². The summed E-state index contributed by atoms with van der Waals surface area (Å²) in [5.41, 5.74) is 1.49. The molecule has 1 N–H and O–H groups in total. The number of nitrogens with zero attached hydrogens (tertiary/aromatic N) is 3. The summed E-state index contributed by atoms with van der Waals surface area (Å²) in [5, 5.41) is 7.62. The SMILES string of the molecule is COc1ccc(S(=O)(=O)CC(=O)Nc2cc(C)nn2-c2nc3ccccc3s2)cc1. The van der Waals surface area contributed by atoms with E-state index < -0.39 is 21.5 Å². The number of aromatic nitrogens is 3. The third-order valence-corrected chi connectivity index (χ3v) is 6.95. The molecule has 4 aromatic rings. The van der Waals surface area contributed by atoms with Crippen LogP contribution in [0.25, 0.3) is 15.3 Å². The zero-order chi connectivity index (χ0) is 21.3. The molecule has 10 heteroatoms. The Balaban J connectivity index is 1.56. The summed E-state index contributed by atoms with van der Waals surface area (Å²) < 4.78 is 32.7. The lowest BCUT2D eigenvalue weighted by molar-refractivity contribution is -0.113. The van der Waals surface area contributed by atoms with Gasteiger partial charge in [-0.05, 0) is 43.3 Å². The van der Waals surface area contributed by atoms with Gasteiger partial charge in [0.2, 0.25) is 11.0 Å². The molecular formula is C20H18N4O4S2. The molecule has 0 atom stereocenters. The number of para-hydroxylation sites is 1. The van der Waals surface area contributed by atoms with Crippen molar-refractivity contribution in [1.82, 2.24) is 14.8 Å². The van der Waals surface area contributed by atoms with Crippen LogP contribution in [-0.4, -0.2) is 42.0 Å². The fourth-order valence-electron chi connectivity index (χ4n) is 2.90. The maximum absolute atomic E-state index is 12.6. The summed E-state index contributed by atoms with van der Waals surface area (Å²) in [5.74, 6) is -0.452. The Kier molecular flexibility index (Phi) is 5.27. The quantitative estimate of drug-likeness (QED) is 0.492. The maximum Gasteiger partial charge on any atom is 0.241 e. The number of sulfone groups is 1. The van der Waals surface area contributed by atoms with Gasteiger partial charge < -0.3 is 10.1 Å². The number of ether oxygens (including phenoxy) is 1. The number of hydrogen-bond donors (Lipinski definition) is 1. The second kappa shape index (κ2) is 7.88. The number of rotatable bonds is 6. The van der Waals surface area contributed by atoms with Crippen molar-refractivity contribution in [3.05, 3.63) is 60.3 Å². The highest BCUT2D eigenvalue weighted by atomic mass is 32.2. The van der Waals surface area contributed by atoms with Gasteiger partial charge in [0.25, 0.3) is 0 Å². The number of fused-ring (bicyclic) bond motifs is 1. The first-order valence-electron chi connectivity index (χ1n) is 8.95. The Labute approximate surface area is 177 Å². The Bertz CT molecular complexity index is 1290. The molecule has 0 spiro atoms. The average Bonchev–Trinajstić information content (AvgIpc) is 3.30. The lowest BCUT2D eigenvalue weighted by Crippen LogP contribution is -2.24. The number of anilines is 1. The maximum atomic E-state index is 12.6. The Morgan fingerprint density at radius 1 is 1.17 bits per heavy atom. The van der Waals surface area contributed by atoms with Crippen LogP contribution in [0.15, 0.2) is 59.5 Å². The molecule has 0 aliphatic heterocycles. The normalized spacial score (nSPS) is 11.5. The van der Waals surface area contributed by atoms with Crippen molar-refractivity contribution in [2.45, 2.75) is 11.8 Å². The predicted octanol–water partition coefficient (Wildman–Crippen LogP) is 3.21. The molecule has 4 rings (SSSR count). The first kappa shape index (κ1) is 20.0. The molecule has 30 heavy (non-hydrogen) atoms. The molecule has 0 unspecified atom stereocenters. The standard InChI is InChI=1S/C20H18N4O4S2/c1-13-11-18(24(23-13)20-21-16-5-3-4-6-17(16)29-20)22-19(25)12-30(26,27)15-9-7-14(28-2)8-10-15/h3-11H,12H2,1-2H3,(H,22,25). The van der Waals surface area contributed by atoms with Crippen molar-refractivity contribution < 1.29 is 17.9 Å². The number of hydrogen-bond acceptors (Lipinski definition) is 7. The molecule has 0 saturated carbocycles. The van der Waals surface area contributed by atoms with E-state index in [2.05, 4.69) is 15.4 Å². The van der Waals surface area contributed by atoms with Crippen LogP contribution in [0.4, 0.5) is 5.82 Å². The lowest BCUT2D eigenvalue weighted by atomic mass is 10.3. The minimum Gasteiger partial charge on any atom is -0.497 e. The van der Waals surface area contributed by atoms with Gasteiger partial charge in [-0.25, -0.2) is 13.4 Å². The Morgan fingerprint density at radius 2 is 1.90 bits per heavy atom. The number of benzene rings is 2. The molecular weight excluding hydrogens is 424 g/mol. The summed E-state index contributed by atoms with van der Waals surface area (Å²) in [6, 6.07) is 15.2. The number of nitrogens with one attached hydrogen (secondary N) is 1. The van der Waals surface area contributed by atoms with E-state index in [9.17, 15) is 13.2 Å². The van der Waals surface area contributed by atoms with Crippen LogP contribution in [0.3, 0.4) is 0 Å². The van der Waals surface area contributed by atoms with Crippen LogP contribution in [0, 0.1) is 6.92 Å². The lowest BCUT2D eigenvalue weighted by Gasteiger charge is -2.08. The fraction of sp³-hybridized carbons (Fsp3) is 0.150. The van der Waals surface area contributed by atoms with E-state index in [-0.39, 0.29) is 4.90 Å². The molecule has 0 radical (unpaired) electrons. The summed E-state index contributed by atoms with van der Waals surface area (Å²) in [7, 11) is -2.31. The highest BCUT2D eigenvalue weighted by Gasteiger charge is 2.21. The topological polar surface area (TPSA) is 103 Å². The van der Waals surface area contributed by atoms with Gasteiger partial charge in [0, 0.05) is 6.07 Å². The first-order valence-corrected chi connectivity index (χ1v) is 11.4. The van der Waals surface area contributed by atoms with Crippen LogP contribution >= 0.6 is 11.3 Å². The van der Waals surface area contributed by atoms with Crippen LogP contribution in [-0.2, 0) is 14.6 Å². The number of amides is 1. The smallest absolute Gasteiger partial charge is 0.241 e. The largest absolute Gasteiger partial charge is 0.497 e. The highest BCUT2D eigenvalue weighted by molar-refractivity contribution is 7.92. The Morgan fingerprint density at radius 3 is 2.60 bits per heavy atom.